The molecule has 1 aromatic heterocycles. The van der Waals surface area contributed by atoms with Crippen molar-refractivity contribution in [2.24, 2.45) is 0 Å². The van der Waals surface area contributed by atoms with Crippen LogP contribution in [0.4, 0.5) is 0 Å². The van der Waals surface area contributed by atoms with Crippen molar-refractivity contribution in [2.45, 2.75) is 46.3 Å². The van der Waals surface area contributed by atoms with Gasteiger partial charge in [0, 0.05) is 24.9 Å². The molecule has 0 amide bonds. The van der Waals surface area contributed by atoms with Gasteiger partial charge in [-0.15, -0.1) is 0 Å². The van der Waals surface area contributed by atoms with E-state index in [9.17, 15) is 0 Å². The van der Waals surface area contributed by atoms with E-state index in [0.717, 1.165) is 35.4 Å². The van der Waals surface area contributed by atoms with Crippen LogP contribution in [0.2, 0.25) is 0 Å². The molecule has 0 spiro atoms. The molecule has 0 fully saturated rings. The second-order valence-electron chi connectivity index (χ2n) is 4.10. The summed E-state index contributed by atoms with van der Waals surface area (Å²) in [4.78, 5) is 0. The zero-order valence-electron chi connectivity index (χ0n) is 11.1. The lowest BCUT2D eigenvalue weighted by Gasteiger charge is -2.16. The van der Waals surface area contributed by atoms with Crippen LogP contribution < -0.4 is 5.32 Å². The summed E-state index contributed by atoms with van der Waals surface area (Å²) in [5, 5.41) is 8.11. The van der Waals surface area contributed by atoms with E-state index in [0.29, 0.717) is 6.04 Å². The van der Waals surface area contributed by atoms with Gasteiger partial charge in [-0.3, -0.25) is 4.68 Å². The van der Waals surface area contributed by atoms with Gasteiger partial charge in [0.05, 0.1) is 15.9 Å². The Kier molecular flexibility index (Phi) is 6.59. The fraction of sp³-hybridized carbons (Fsp3) is 0.750. The van der Waals surface area contributed by atoms with Crippen LogP contribution in [0, 0.1) is 6.92 Å². The van der Waals surface area contributed by atoms with Crippen molar-refractivity contribution in [2.75, 3.05) is 12.0 Å². The van der Waals surface area contributed by atoms with E-state index in [-0.39, 0.29) is 0 Å². The first-order valence-corrected chi connectivity index (χ1v) is 8.26. The van der Waals surface area contributed by atoms with Gasteiger partial charge in [0.2, 0.25) is 0 Å². The third-order valence-corrected chi connectivity index (χ3v) is 4.64. The monoisotopic (exact) mass is 319 g/mol. The van der Waals surface area contributed by atoms with E-state index in [1.165, 1.54) is 5.69 Å². The molecule has 1 heterocycles. The standard InChI is InChI=1S/C12H22BrN3S/c1-5-10(8-17-4)14-7-11-12(13)9(3)15-16(11)6-2/h10,14H,5-8H2,1-4H3. The highest BCUT2D eigenvalue weighted by Gasteiger charge is 2.13. The normalized spacial score (nSPS) is 13.0. The minimum atomic E-state index is 0.581. The lowest BCUT2D eigenvalue weighted by molar-refractivity contribution is 0.510. The van der Waals surface area contributed by atoms with E-state index >= 15 is 0 Å². The summed E-state index contributed by atoms with van der Waals surface area (Å²) in [5.41, 5.74) is 2.33. The van der Waals surface area contributed by atoms with Crippen molar-refractivity contribution < 1.29 is 0 Å². The Morgan fingerprint density at radius 1 is 1.47 bits per heavy atom. The first kappa shape index (κ1) is 15.1. The van der Waals surface area contributed by atoms with E-state index in [4.69, 9.17) is 0 Å². The van der Waals surface area contributed by atoms with Crippen LogP contribution in [0.5, 0.6) is 0 Å². The SMILES string of the molecule is CCC(CSC)NCc1c(Br)c(C)nn1CC. The summed E-state index contributed by atoms with van der Waals surface area (Å²) in [6.45, 7) is 8.20. The van der Waals surface area contributed by atoms with Crippen molar-refractivity contribution in [3.8, 4) is 0 Å². The minimum absolute atomic E-state index is 0.581. The van der Waals surface area contributed by atoms with Gasteiger partial charge in [-0.2, -0.15) is 16.9 Å². The summed E-state index contributed by atoms with van der Waals surface area (Å²) >= 11 is 5.52. The van der Waals surface area contributed by atoms with Crippen LogP contribution in [-0.2, 0) is 13.1 Å². The van der Waals surface area contributed by atoms with Crippen molar-refractivity contribution in [1.82, 2.24) is 15.1 Å². The van der Waals surface area contributed by atoms with E-state index < -0.39 is 0 Å². The van der Waals surface area contributed by atoms with Crippen molar-refractivity contribution in [3.05, 3.63) is 15.9 Å². The van der Waals surface area contributed by atoms with Crippen LogP contribution in [0.15, 0.2) is 4.47 Å². The maximum atomic E-state index is 4.50. The Balaban J connectivity index is 2.67. The Bertz CT molecular complexity index is 352. The molecule has 1 rings (SSSR count). The zero-order valence-corrected chi connectivity index (χ0v) is 13.5. The summed E-state index contributed by atoms with van der Waals surface area (Å²) in [6.07, 6.45) is 3.32. The molecular formula is C12H22BrN3S. The molecule has 98 valence electrons. The maximum Gasteiger partial charge on any atom is 0.0739 e. The fourth-order valence-corrected chi connectivity index (χ4v) is 2.98. The highest BCUT2D eigenvalue weighted by Crippen LogP contribution is 2.21. The molecule has 0 radical (unpaired) electrons. The lowest BCUT2D eigenvalue weighted by atomic mass is 10.2. The minimum Gasteiger partial charge on any atom is -0.308 e. The summed E-state index contributed by atoms with van der Waals surface area (Å²) in [7, 11) is 0. The lowest BCUT2D eigenvalue weighted by Crippen LogP contribution is -2.31. The Morgan fingerprint density at radius 3 is 2.71 bits per heavy atom. The van der Waals surface area contributed by atoms with Gasteiger partial charge in [-0.1, -0.05) is 6.92 Å². The number of aromatic nitrogens is 2. The average molecular weight is 320 g/mol. The maximum absolute atomic E-state index is 4.50. The molecule has 0 aliphatic rings. The van der Waals surface area contributed by atoms with E-state index in [1.54, 1.807) is 0 Å². The highest BCUT2D eigenvalue weighted by molar-refractivity contribution is 9.10. The van der Waals surface area contributed by atoms with E-state index in [2.05, 4.69) is 51.1 Å². The van der Waals surface area contributed by atoms with Crippen molar-refractivity contribution >= 4 is 27.7 Å². The van der Waals surface area contributed by atoms with Crippen LogP contribution in [0.25, 0.3) is 0 Å². The third-order valence-electron chi connectivity index (χ3n) is 2.87. The smallest absolute Gasteiger partial charge is 0.0739 e. The van der Waals surface area contributed by atoms with Crippen LogP contribution in [-0.4, -0.2) is 27.8 Å². The number of halogens is 1. The van der Waals surface area contributed by atoms with Gasteiger partial charge in [0.25, 0.3) is 0 Å². The number of thioether (sulfide) groups is 1. The van der Waals surface area contributed by atoms with Crippen molar-refractivity contribution in [1.29, 1.82) is 0 Å². The molecule has 0 aliphatic heterocycles. The molecule has 1 atom stereocenters. The number of nitrogens with one attached hydrogen (secondary N) is 1. The van der Waals surface area contributed by atoms with Gasteiger partial charge < -0.3 is 5.32 Å². The first-order chi connectivity index (χ1) is 8.13. The number of nitrogens with zero attached hydrogens (tertiary/aromatic N) is 2. The molecule has 1 N–H and O–H groups in total. The number of hydrogen-bond donors (Lipinski definition) is 1. The fourth-order valence-electron chi connectivity index (χ4n) is 1.80. The quantitative estimate of drug-likeness (QED) is 0.837. The molecular weight excluding hydrogens is 298 g/mol. The molecule has 1 unspecified atom stereocenters. The topological polar surface area (TPSA) is 29.9 Å². The average Bonchev–Trinajstić information content (AvgIpc) is 2.61. The molecule has 0 bridgehead atoms. The van der Waals surface area contributed by atoms with Gasteiger partial charge in [-0.05, 0) is 42.5 Å². The number of rotatable bonds is 7. The largest absolute Gasteiger partial charge is 0.308 e. The van der Waals surface area contributed by atoms with Gasteiger partial charge in [0.1, 0.15) is 0 Å². The van der Waals surface area contributed by atoms with Crippen LogP contribution >= 0.6 is 27.7 Å². The summed E-state index contributed by atoms with van der Waals surface area (Å²) < 4.78 is 3.21. The second kappa shape index (κ2) is 7.44. The van der Waals surface area contributed by atoms with Crippen molar-refractivity contribution in [3.63, 3.8) is 0 Å². The van der Waals surface area contributed by atoms with Crippen LogP contribution in [0.3, 0.4) is 0 Å². The predicted molar refractivity (Wildman–Crippen MR) is 79.6 cm³/mol. The molecule has 0 aliphatic carbocycles. The second-order valence-corrected chi connectivity index (χ2v) is 5.81. The molecule has 3 nitrogen and oxygen atoms in total. The third kappa shape index (κ3) is 4.00. The highest BCUT2D eigenvalue weighted by atomic mass is 79.9. The number of aryl methyl sites for hydroxylation is 2. The van der Waals surface area contributed by atoms with E-state index in [1.807, 2.05) is 18.7 Å². The summed E-state index contributed by atoms with van der Waals surface area (Å²) in [5.74, 6) is 1.16. The number of hydrogen-bond acceptors (Lipinski definition) is 3. The molecule has 1 aromatic rings. The van der Waals surface area contributed by atoms with Crippen LogP contribution in [0.1, 0.15) is 31.7 Å². The van der Waals surface area contributed by atoms with Gasteiger partial charge in [-0.25, -0.2) is 0 Å². The molecule has 5 heteroatoms. The van der Waals surface area contributed by atoms with Gasteiger partial charge in [0.15, 0.2) is 0 Å². The Hall–Kier alpha value is 0. The first-order valence-electron chi connectivity index (χ1n) is 6.08. The molecule has 0 saturated heterocycles. The Labute approximate surface area is 117 Å². The zero-order chi connectivity index (χ0) is 12.8. The molecule has 0 saturated carbocycles. The molecule has 0 aromatic carbocycles. The predicted octanol–water partition coefficient (Wildman–Crippen LogP) is 3.21. The Morgan fingerprint density at radius 2 is 2.18 bits per heavy atom. The molecule has 17 heavy (non-hydrogen) atoms. The summed E-state index contributed by atoms with van der Waals surface area (Å²) in [6, 6.07) is 0.581. The van der Waals surface area contributed by atoms with Gasteiger partial charge >= 0.3 is 0 Å².